The van der Waals surface area contributed by atoms with Crippen molar-refractivity contribution < 1.29 is 24.1 Å². The highest BCUT2D eigenvalue weighted by Crippen LogP contribution is 2.35. The molecule has 7 nitrogen and oxygen atoms in total. The first kappa shape index (κ1) is 24.2. The molecule has 2 aromatic carbocycles. The molecule has 0 amide bonds. The zero-order valence-corrected chi connectivity index (χ0v) is 18.5. The van der Waals surface area contributed by atoms with Gasteiger partial charge in [0.1, 0.15) is 24.2 Å². The number of methoxy groups -OCH3 is 1. The summed E-state index contributed by atoms with van der Waals surface area (Å²) >= 11 is 0. The highest BCUT2D eigenvalue weighted by Gasteiger charge is 2.20. The number of hydrogen-bond acceptors (Lipinski definition) is 7. The Bertz CT molecular complexity index is 785. The number of hydrogen-bond donors (Lipinski definition) is 1. The minimum atomic E-state index is -0.544. The van der Waals surface area contributed by atoms with Crippen molar-refractivity contribution in [3.05, 3.63) is 42.5 Å². The van der Waals surface area contributed by atoms with Crippen LogP contribution in [0.2, 0.25) is 0 Å². The number of aliphatic hydroxyl groups excluding tert-OH is 1. The van der Waals surface area contributed by atoms with Gasteiger partial charge in [0.15, 0.2) is 11.5 Å². The Labute approximate surface area is 189 Å². The number of β-amino-alcohol motifs (C(OH)–C–C–N with tert-alkyl or cyclic N) is 1. The fraction of sp³-hybridized carbons (Fsp3) is 0.429. The van der Waals surface area contributed by atoms with Crippen LogP contribution in [0.1, 0.15) is 0 Å². The maximum atomic E-state index is 10.3. The summed E-state index contributed by atoms with van der Waals surface area (Å²) in [6.45, 7) is 4.77. The molecule has 1 fully saturated rings. The summed E-state index contributed by atoms with van der Waals surface area (Å²) in [6.07, 6.45) is -0.544. The van der Waals surface area contributed by atoms with E-state index in [1.54, 1.807) is 13.2 Å². The van der Waals surface area contributed by atoms with Crippen LogP contribution < -0.4 is 23.8 Å². The number of benzene rings is 2. The number of piperazine rings is 1. The largest absolute Gasteiger partial charge is 0.497 e. The minimum Gasteiger partial charge on any atom is -0.497 e. The normalized spacial score (nSPS) is 16.3. The summed E-state index contributed by atoms with van der Waals surface area (Å²) in [5.74, 6) is 2.95. The zero-order valence-electron chi connectivity index (χ0n) is 16.9. The third-order valence-corrected chi connectivity index (χ3v) is 5.07. The molecule has 0 aromatic heterocycles. The predicted molar refractivity (Wildman–Crippen MR) is 120 cm³/mol. The van der Waals surface area contributed by atoms with Crippen molar-refractivity contribution in [2.45, 2.75) is 6.10 Å². The van der Waals surface area contributed by atoms with Crippen molar-refractivity contribution in [2.24, 2.45) is 0 Å². The quantitative estimate of drug-likeness (QED) is 0.683. The van der Waals surface area contributed by atoms with E-state index < -0.39 is 6.10 Å². The molecule has 1 unspecified atom stereocenters. The van der Waals surface area contributed by atoms with Gasteiger partial charge in [0.05, 0.1) is 7.11 Å². The molecule has 166 valence electrons. The summed E-state index contributed by atoms with van der Waals surface area (Å²) in [5.41, 5.74) is 1.20. The van der Waals surface area contributed by atoms with Crippen molar-refractivity contribution in [1.29, 1.82) is 0 Å². The molecule has 0 aliphatic carbocycles. The summed E-state index contributed by atoms with van der Waals surface area (Å²) in [6, 6.07) is 13.6. The van der Waals surface area contributed by atoms with Crippen LogP contribution in [0, 0.1) is 0 Å². The van der Waals surface area contributed by atoms with Gasteiger partial charge in [-0.05, 0) is 36.4 Å². The number of anilines is 1. The lowest BCUT2D eigenvalue weighted by Crippen LogP contribution is -2.49. The minimum absolute atomic E-state index is 0. The Morgan fingerprint density at radius 3 is 2.30 bits per heavy atom. The molecule has 2 aromatic rings. The molecule has 2 aliphatic rings. The topological polar surface area (TPSA) is 63.6 Å². The van der Waals surface area contributed by atoms with E-state index in [9.17, 15) is 5.11 Å². The van der Waals surface area contributed by atoms with Crippen LogP contribution in [-0.4, -0.2) is 69.3 Å². The van der Waals surface area contributed by atoms with E-state index in [2.05, 4.69) is 21.9 Å². The molecule has 1 saturated heterocycles. The Hall–Kier alpha value is -2.06. The maximum Gasteiger partial charge on any atom is 0.231 e. The van der Waals surface area contributed by atoms with Gasteiger partial charge in [-0.3, -0.25) is 4.90 Å². The van der Waals surface area contributed by atoms with Gasteiger partial charge in [0, 0.05) is 44.5 Å². The fourth-order valence-electron chi connectivity index (χ4n) is 3.49. The molecule has 1 atom stereocenters. The van der Waals surface area contributed by atoms with Gasteiger partial charge in [0.25, 0.3) is 0 Å². The lowest BCUT2D eigenvalue weighted by atomic mass is 10.2. The predicted octanol–water partition coefficient (Wildman–Crippen LogP) is 2.83. The van der Waals surface area contributed by atoms with E-state index in [-0.39, 0.29) is 38.2 Å². The van der Waals surface area contributed by atoms with Crippen molar-refractivity contribution in [3.8, 4) is 23.0 Å². The Morgan fingerprint density at radius 1 is 0.933 bits per heavy atom. The summed E-state index contributed by atoms with van der Waals surface area (Å²) in [5, 5.41) is 10.3. The van der Waals surface area contributed by atoms with Crippen LogP contribution in [0.4, 0.5) is 5.69 Å². The van der Waals surface area contributed by atoms with E-state index in [0.717, 1.165) is 37.7 Å². The van der Waals surface area contributed by atoms with Crippen LogP contribution in [0.15, 0.2) is 42.5 Å². The number of fused-ring (bicyclic) bond motifs is 1. The second-order valence-electron chi connectivity index (χ2n) is 6.97. The second-order valence-corrected chi connectivity index (χ2v) is 6.97. The highest BCUT2D eigenvalue weighted by atomic mass is 35.5. The van der Waals surface area contributed by atoms with Gasteiger partial charge in [-0.2, -0.15) is 0 Å². The molecule has 9 heteroatoms. The number of nitrogens with zero attached hydrogens (tertiary/aromatic N) is 2. The summed E-state index contributed by atoms with van der Waals surface area (Å²) < 4.78 is 21.6. The van der Waals surface area contributed by atoms with Crippen molar-refractivity contribution >= 4 is 30.5 Å². The van der Waals surface area contributed by atoms with Crippen molar-refractivity contribution in [2.75, 3.05) is 58.1 Å². The molecular weight excluding hydrogens is 431 g/mol. The molecule has 30 heavy (non-hydrogen) atoms. The van der Waals surface area contributed by atoms with Crippen LogP contribution in [0.5, 0.6) is 23.0 Å². The Kier molecular flexibility index (Phi) is 9.17. The third-order valence-electron chi connectivity index (χ3n) is 5.07. The summed E-state index contributed by atoms with van der Waals surface area (Å²) in [4.78, 5) is 4.62. The van der Waals surface area contributed by atoms with Crippen LogP contribution >= 0.6 is 24.8 Å². The van der Waals surface area contributed by atoms with Crippen molar-refractivity contribution in [1.82, 2.24) is 4.90 Å². The Balaban J connectivity index is 0.00000160. The number of halogens is 2. The number of ether oxygens (including phenoxy) is 4. The first-order valence-electron chi connectivity index (χ1n) is 9.53. The van der Waals surface area contributed by atoms with E-state index >= 15 is 0 Å². The molecule has 2 aliphatic heterocycles. The maximum absolute atomic E-state index is 10.3. The molecule has 1 N–H and O–H groups in total. The molecule has 0 spiro atoms. The van der Waals surface area contributed by atoms with Gasteiger partial charge in [0.2, 0.25) is 6.79 Å². The zero-order chi connectivity index (χ0) is 19.3. The lowest BCUT2D eigenvalue weighted by molar-refractivity contribution is 0.0662. The average Bonchev–Trinajstić information content (AvgIpc) is 3.21. The van der Waals surface area contributed by atoms with Crippen molar-refractivity contribution in [3.63, 3.8) is 0 Å². The fourth-order valence-corrected chi connectivity index (χ4v) is 3.49. The first-order valence-corrected chi connectivity index (χ1v) is 9.53. The monoisotopic (exact) mass is 458 g/mol. The second kappa shape index (κ2) is 11.4. The van der Waals surface area contributed by atoms with E-state index in [0.29, 0.717) is 18.0 Å². The van der Waals surface area contributed by atoms with Crippen LogP contribution in [0.3, 0.4) is 0 Å². The van der Waals surface area contributed by atoms with E-state index in [4.69, 9.17) is 18.9 Å². The average molecular weight is 459 g/mol. The molecule has 0 radical (unpaired) electrons. The van der Waals surface area contributed by atoms with Gasteiger partial charge in [-0.15, -0.1) is 24.8 Å². The standard InChI is InChI=1S/C21H26N2O5.2ClH/c1-25-18-4-2-16(3-5-18)23-10-8-22(9-11-23)13-17(24)14-26-19-6-7-20-21(12-19)28-15-27-20;;/h2-7,12,17,24H,8-11,13-15H2,1H3;2*1H. The molecular formula is C21H28Cl2N2O5. The molecule has 0 bridgehead atoms. The number of rotatable bonds is 7. The summed E-state index contributed by atoms with van der Waals surface area (Å²) in [7, 11) is 1.68. The van der Waals surface area contributed by atoms with Crippen LogP contribution in [-0.2, 0) is 0 Å². The smallest absolute Gasteiger partial charge is 0.231 e. The molecule has 2 heterocycles. The molecule has 0 saturated carbocycles. The Morgan fingerprint density at radius 2 is 1.60 bits per heavy atom. The highest BCUT2D eigenvalue weighted by molar-refractivity contribution is 5.85. The number of aliphatic hydroxyl groups is 1. The van der Waals surface area contributed by atoms with Gasteiger partial charge in [-0.25, -0.2) is 0 Å². The first-order chi connectivity index (χ1) is 13.7. The van der Waals surface area contributed by atoms with Gasteiger partial charge < -0.3 is 29.0 Å². The van der Waals surface area contributed by atoms with Gasteiger partial charge >= 0.3 is 0 Å². The van der Waals surface area contributed by atoms with E-state index in [1.807, 2.05) is 24.3 Å². The third kappa shape index (κ3) is 5.98. The lowest BCUT2D eigenvalue weighted by Gasteiger charge is -2.36. The molecule has 4 rings (SSSR count). The van der Waals surface area contributed by atoms with E-state index in [1.165, 1.54) is 5.69 Å². The van der Waals surface area contributed by atoms with Gasteiger partial charge in [-0.1, -0.05) is 0 Å². The van der Waals surface area contributed by atoms with Crippen LogP contribution in [0.25, 0.3) is 0 Å². The SMILES string of the molecule is COc1ccc(N2CCN(CC(O)COc3ccc4c(c3)OCO4)CC2)cc1.Cl.Cl.